The number of aromatic nitrogens is 1. The summed E-state index contributed by atoms with van der Waals surface area (Å²) in [4.78, 5) is 0. The predicted octanol–water partition coefficient (Wildman–Crippen LogP) is 7.81. The first-order valence-electron chi connectivity index (χ1n) is 11.1. The van der Waals surface area contributed by atoms with E-state index in [0.29, 0.717) is 17.0 Å². The highest BCUT2D eigenvalue weighted by atomic mass is 32.1. The zero-order valence-corrected chi connectivity index (χ0v) is 18.6. The molecule has 1 unspecified atom stereocenters. The summed E-state index contributed by atoms with van der Waals surface area (Å²) in [6.45, 7) is 7.57. The lowest BCUT2D eigenvalue weighted by Gasteiger charge is -2.18. The van der Waals surface area contributed by atoms with Crippen molar-refractivity contribution in [1.82, 2.24) is 4.73 Å². The highest BCUT2D eigenvalue weighted by Crippen LogP contribution is 2.23. The number of hydrogen-bond donors (Lipinski definition) is 1. The Balaban J connectivity index is 2.36. The lowest BCUT2D eigenvalue weighted by Crippen LogP contribution is -2.09. The van der Waals surface area contributed by atoms with E-state index in [1.54, 1.807) is 6.07 Å². The van der Waals surface area contributed by atoms with Gasteiger partial charge in [-0.05, 0) is 30.4 Å². The molecule has 0 bridgehead atoms. The molecule has 0 amide bonds. The first-order valence-corrected chi connectivity index (χ1v) is 11.5. The summed E-state index contributed by atoms with van der Waals surface area (Å²) in [7, 11) is 0. The SMILES string of the molecule is CCCCCCCC(CCCCCC(C)C)CCOc1cccn(O)c1=S. The van der Waals surface area contributed by atoms with E-state index >= 15 is 0 Å². The molecule has 1 aromatic heterocycles. The number of hydrogen-bond acceptors (Lipinski definition) is 3. The molecule has 1 aromatic rings. The van der Waals surface area contributed by atoms with Crippen molar-refractivity contribution in [1.29, 1.82) is 0 Å². The van der Waals surface area contributed by atoms with Crippen molar-refractivity contribution in [2.45, 2.75) is 97.8 Å². The van der Waals surface area contributed by atoms with Crippen molar-refractivity contribution in [3.63, 3.8) is 0 Å². The van der Waals surface area contributed by atoms with Gasteiger partial charge < -0.3 is 9.94 Å². The molecular weight excluding hydrogens is 354 g/mol. The third-order valence-corrected chi connectivity index (χ3v) is 5.68. The second kappa shape index (κ2) is 15.0. The molecule has 0 saturated carbocycles. The predicted molar refractivity (Wildman–Crippen MR) is 117 cm³/mol. The van der Waals surface area contributed by atoms with Crippen molar-refractivity contribution in [2.24, 2.45) is 11.8 Å². The molecule has 0 aliphatic rings. The van der Waals surface area contributed by atoms with Gasteiger partial charge in [0, 0.05) is 6.20 Å². The van der Waals surface area contributed by atoms with Gasteiger partial charge in [-0.25, -0.2) is 0 Å². The zero-order valence-electron chi connectivity index (χ0n) is 17.8. The van der Waals surface area contributed by atoms with E-state index in [9.17, 15) is 5.21 Å². The van der Waals surface area contributed by atoms with Crippen LogP contribution in [0.4, 0.5) is 0 Å². The standard InChI is InChI=1S/C23H41NO2S/c1-4-5-6-7-10-14-21(15-11-8-9-13-20(2)3)17-19-26-22-16-12-18-24(25)23(22)27/h12,16,18,20-21,25H,4-11,13-15,17,19H2,1-3H3. The van der Waals surface area contributed by atoms with Crippen molar-refractivity contribution >= 4 is 12.2 Å². The molecule has 0 saturated heterocycles. The van der Waals surface area contributed by atoms with Crippen LogP contribution in [-0.4, -0.2) is 16.5 Å². The van der Waals surface area contributed by atoms with E-state index in [1.807, 2.05) is 6.07 Å². The fourth-order valence-electron chi connectivity index (χ4n) is 3.54. The summed E-state index contributed by atoms with van der Waals surface area (Å²) in [5.74, 6) is 2.17. The van der Waals surface area contributed by atoms with Crippen LogP contribution in [0, 0.1) is 16.5 Å². The quantitative estimate of drug-likeness (QED) is 0.176. The summed E-state index contributed by atoms with van der Waals surface area (Å²) in [6.07, 6.45) is 17.4. The first kappa shape index (κ1) is 24.0. The minimum Gasteiger partial charge on any atom is -0.490 e. The summed E-state index contributed by atoms with van der Waals surface area (Å²) >= 11 is 5.19. The summed E-state index contributed by atoms with van der Waals surface area (Å²) in [5.41, 5.74) is 0. The van der Waals surface area contributed by atoms with E-state index < -0.39 is 0 Å². The van der Waals surface area contributed by atoms with Crippen LogP contribution in [0.25, 0.3) is 0 Å². The van der Waals surface area contributed by atoms with E-state index in [2.05, 4.69) is 20.8 Å². The minimum absolute atomic E-state index is 0.349. The fourth-order valence-corrected chi connectivity index (χ4v) is 3.73. The highest BCUT2D eigenvalue weighted by Gasteiger charge is 2.10. The third kappa shape index (κ3) is 11.4. The second-order valence-corrected chi connectivity index (χ2v) is 8.65. The molecule has 1 atom stereocenters. The largest absolute Gasteiger partial charge is 0.490 e. The Morgan fingerprint density at radius 1 is 0.963 bits per heavy atom. The van der Waals surface area contributed by atoms with Crippen LogP contribution < -0.4 is 4.74 Å². The lowest BCUT2D eigenvalue weighted by molar-refractivity contribution is 0.172. The summed E-state index contributed by atoms with van der Waals surface area (Å²) < 4.78 is 7.17. The van der Waals surface area contributed by atoms with E-state index in [4.69, 9.17) is 17.0 Å². The Labute approximate surface area is 172 Å². The Hall–Kier alpha value is -1.03. The van der Waals surface area contributed by atoms with Crippen LogP contribution in [0.2, 0.25) is 0 Å². The number of unbranched alkanes of at least 4 members (excludes halogenated alkanes) is 6. The Morgan fingerprint density at radius 2 is 1.59 bits per heavy atom. The van der Waals surface area contributed by atoms with Crippen molar-refractivity contribution in [3.8, 4) is 5.75 Å². The van der Waals surface area contributed by atoms with E-state index in [1.165, 1.54) is 76.8 Å². The van der Waals surface area contributed by atoms with Gasteiger partial charge in [0.05, 0.1) is 6.61 Å². The van der Waals surface area contributed by atoms with Gasteiger partial charge in [0.25, 0.3) is 0 Å². The van der Waals surface area contributed by atoms with Crippen molar-refractivity contribution in [2.75, 3.05) is 6.61 Å². The second-order valence-electron chi connectivity index (χ2n) is 8.26. The molecule has 156 valence electrons. The minimum atomic E-state index is 0.349. The number of ether oxygens (including phenoxy) is 1. The molecule has 0 fully saturated rings. The maximum absolute atomic E-state index is 9.63. The fraction of sp³-hybridized carbons (Fsp3) is 0.783. The molecule has 4 heteroatoms. The molecule has 0 aliphatic heterocycles. The molecule has 0 radical (unpaired) electrons. The van der Waals surface area contributed by atoms with Crippen molar-refractivity contribution in [3.05, 3.63) is 23.0 Å². The average molecular weight is 396 g/mol. The Morgan fingerprint density at radius 3 is 2.26 bits per heavy atom. The molecule has 0 spiro atoms. The van der Waals surface area contributed by atoms with Gasteiger partial charge >= 0.3 is 0 Å². The smallest absolute Gasteiger partial charge is 0.184 e. The van der Waals surface area contributed by atoms with Gasteiger partial charge in [0.1, 0.15) is 0 Å². The molecule has 3 nitrogen and oxygen atoms in total. The monoisotopic (exact) mass is 395 g/mol. The maximum atomic E-state index is 9.63. The Bertz CT molecular complexity index is 541. The van der Waals surface area contributed by atoms with Crippen LogP contribution in [0.1, 0.15) is 97.8 Å². The Kier molecular flexibility index (Phi) is 13.3. The van der Waals surface area contributed by atoms with Crippen LogP contribution in [0.15, 0.2) is 18.3 Å². The highest BCUT2D eigenvalue weighted by molar-refractivity contribution is 7.71. The molecule has 0 aromatic carbocycles. The molecule has 1 rings (SSSR count). The topological polar surface area (TPSA) is 34.4 Å². The number of pyridine rings is 1. The van der Waals surface area contributed by atoms with Gasteiger partial charge in [0.15, 0.2) is 10.4 Å². The van der Waals surface area contributed by atoms with Gasteiger partial charge in [-0.3, -0.25) is 0 Å². The number of nitrogens with zero attached hydrogens (tertiary/aromatic N) is 1. The molecule has 27 heavy (non-hydrogen) atoms. The van der Waals surface area contributed by atoms with Crippen LogP contribution >= 0.6 is 12.2 Å². The van der Waals surface area contributed by atoms with Gasteiger partial charge in [-0.2, -0.15) is 4.73 Å². The number of rotatable bonds is 16. The van der Waals surface area contributed by atoms with Crippen molar-refractivity contribution < 1.29 is 9.94 Å². The lowest BCUT2D eigenvalue weighted by atomic mass is 9.91. The zero-order chi connectivity index (χ0) is 19.9. The molecule has 0 aliphatic carbocycles. The summed E-state index contributed by atoms with van der Waals surface area (Å²) in [5, 5.41) is 9.63. The van der Waals surface area contributed by atoms with E-state index in [0.717, 1.165) is 23.0 Å². The molecular formula is C23H41NO2S. The van der Waals surface area contributed by atoms with Gasteiger partial charge in [-0.1, -0.05) is 104 Å². The molecule has 1 heterocycles. The van der Waals surface area contributed by atoms with Crippen LogP contribution in [0.5, 0.6) is 5.75 Å². The van der Waals surface area contributed by atoms with Gasteiger partial charge in [0.2, 0.25) is 0 Å². The van der Waals surface area contributed by atoms with E-state index in [-0.39, 0.29) is 0 Å². The van der Waals surface area contributed by atoms with Gasteiger partial charge in [-0.15, -0.1) is 0 Å². The molecule has 1 N–H and O–H groups in total. The maximum Gasteiger partial charge on any atom is 0.184 e. The third-order valence-electron chi connectivity index (χ3n) is 5.29. The van der Waals surface area contributed by atoms with Crippen LogP contribution in [-0.2, 0) is 0 Å². The first-order chi connectivity index (χ1) is 13.0. The van der Waals surface area contributed by atoms with Crippen LogP contribution in [0.3, 0.4) is 0 Å². The average Bonchev–Trinajstić information content (AvgIpc) is 2.63. The summed E-state index contributed by atoms with van der Waals surface area (Å²) in [6, 6.07) is 3.59. The normalized spacial score (nSPS) is 12.4.